The fourth-order valence-electron chi connectivity index (χ4n) is 3.81. The number of carbonyl (C=O) groups excluding carboxylic acids is 2. The highest BCUT2D eigenvalue weighted by Crippen LogP contribution is 2.20. The summed E-state index contributed by atoms with van der Waals surface area (Å²) in [5.74, 6) is 0.905. The number of nitrogens with zero attached hydrogens (tertiary/aromatic N) is 3. The zero-order chi connectivity index (χ0) is 20.4. The van der Waals surface area contributed by atoms with Gasteiger partial charge in [-0.15, -0.1) is 0 Å². The van der Waals surface area contributed by atoms with Crippen LogP contribution in [0.4, 0.5) is 9.59 Å². The lowest BCUT2D eigenvalue weighted by Gasteiger charge is -2.39. The average Bonchev–Trinajstić information content (AvgIpc) is 3.14. The summed E-state index contributed by atoms with van der Waals surface area (Å²) in [6.07, 6.45) is 4.37. The number of nitrogens with one attached hydrogen (secondary N) is 3. The second-order valence-electron chi connectivity index (χ2n) is 7.37. The first-order valence-electron chi connectivity index (χ1n) is 9.87. The van der Waals surface area contributed by atoms with Crippen molar-refractivity contribution in [3.63, 3.8) is 0 Å². The van der Waals surface area contributed by atoms with Gasteiger partial charge in [0.2, 0.25) is 0 Å². The van der Waals surface area contributed by atoms with Gasteiger partial charge in [-0.1, -0.05) is 12.1 Å². The molecule has 2 aromatic rings. The molecule has 9 heteroatoms. The smallest absolute Gasteiger partial charge is 0.328 e. The lowest BCUT2D eigenvalue weighted by Crippen LogP contribution is -2.70. The number of rotatable bonds is 5. The third-order valence-corrected chi connectivity index (χ3v) is 5.42. The van der Waals surface area contributed by atoms with E-state index in [2.05, 4.69) is 27.0 Å². The number of imidazole rings is 1. The molecule has 1 aromatic carbocycles. The van der Waals surface area contributed by atoms with Gasteiger partial charge in [0.25, 0.3) is 0 Å². The van der Waals surface area contributed by atoms with Gasteiger partial charge in [0, 0.05) is 43.4 Å². The molecule has 0 radical (unpaired) electrons. The van der Waals surface area contributed by atoms with E-state index in [4.69, 9.17) is 4.74 Å². The molecule has 0 saturated carbocycles. The van der Waals surface area contributed by atoms with Crippen LogP contribution in [-0.2, 0) is 4.74 Å². The van der Waals surface area contributed by atoms with Gasteiger partial charge in [-0.25, -0.2) is 19.5 Å². The molecule has 154 valence electrons. The third-order valence-electron chi connectivity index (χ3n) is 5.42. The minimum absolute atomic E-state index is 0.0981. The van der Waals surface area contributed by atoms with Gasteiger partial charge >= 0.3 is 12.1 Å². The largest absolute Gasteiger partial charge is 0.381 e. The first-order chi connectivity index (χ1) is 14.0. The van der Waals surface area contributed by atoms with Gasteiger partial charge in [-0.05, 0) is 44.4 Å². The van der Waals surface area contributed by atoms with Crippen molar-refractivity contribution in [3.05, 3.63) is 48.0 Å². The van der Waals surface area contributed by atoms with Crippen molar-refractivity contribution in [2.75, 3.05) is 13.2 Å². The molecule has 9 nitrogen and oxygen atoms in total. The van der Waals surface area contributed by atoms with E-state index < -0.39 is 6.29 Å². The van der Waals surface area contributed by atoms with Gasteiger partial charge in [0.15, 0.2) is 6.29 Å². The molecule has 1 unspecified atom stereocenters. The Morgan fingerprint density at radius 1 is 1.21 bits per heavy atom. The van der Waals surface area contributed by atoms with Gasteiger partial charge in [-0.3, -0.25) is 5.32 Å². The van der Waals surface area contributed by atoms with Gasteiger partial charge < -0.3 is 19.9 Å². The number of urea groups is 2. The van der Waals surface area contributed by atoms with Crippen LogP contribution in [0.15, 0.2) is 36.7 Å². The zero-order valence-corrected chi connectivity index (χ0v) is 16.6. The quantitative estimate of drug-likeness (QED) is 0.716. The highest BCUT2D eigenvalue weighted by Gasteiger charge is 2.37. The number of imide groups is 1. The van der Waals surface area contributed by atoms with Crippen molar-refractivity contribution in [2.45, 2.75) is 45.1 Å². The van der Waals surface area contributed by atoms with E-state index in [-0.39, 0.29) is 24.1 Å². The third kappa shape index (κ3) is 4.10. The van der Waals surface area contributed by atoms with Crippen LogP contribution in [0.3, 0.4) is 0 Å². The molecule has 0 aliphatic carbocycles. The number of ether oxygens (including phenoxy) is 1. The Hall–Kier alpha value is -2.91. The molecule has 29 heavy (non-hydrogen) atoms. The van der Waals surface area contributed by atoms with Crippen LogP contribution in [0, 0.1) is 6.92 Å². The van der Waals surface area contributed by atoms with E-state index in [9.17, 15) is 9.59 Å². The maximum absolute atomic E-state index is 12.5. The zero-order valence-electron chi connectivity index (χ0n) is 16.6. The van der Waals surface area contributed by atoms with Crippen LogP contribution in [0.1, 0.15) is 37.2 Å². The fourth-order valence-corrected chi connectivity index (χ4v) is 3.81. The molecule has 0 spiro atoms. The molecule has 2 aliphatic heterocycles. The Labute approximate surface area is 169 Å². The summed E-state index contributed by atoms with van der Waals surface area (Å²) < 4.78 is 7.33. The monoisotopic (exact) mass is 398 g/mol. The first-order valence-corrected chi connectivity index (χ1v) is 9.87. The second-order valence-corrected chi connectivity index (χ2v) is 7.37. The summed E-state index contributed by atoms with van der Waals surface area (Å²) in [5.41, 5.74) is 2.04. The number of aromatic nitrogens is 2. The predicted molar refractivity (Wildman–Crippen MR) is 106 cm³/mol. The van der Waals surface area contributed by atoms with E-state index in [1.165, 1.54) is 4.90 Å². The van der Waals surface area contributed by atoms with E-state index in [0.29, 0.717) is 26.1 Å². The number of carbonyl (C=O) groups is 2. The molecular formula is C20H26N6O3. The van der Waals surface area contributed by atoms with Gasteiger partial charge in [0.1, 0.15) is 5.82 Å². The van der Waals surface area contributed by atoms with Crippen LogP contribution < -0.4 is 16.0 Å². The number of benzene rings is 1. The summed E-state index contributed by atoms with van der Waals surface area (Å²) in [7, 11) is 0. The first kappa shape index (κ1) is 19.4. The average molecular weight is 398 g/mol. The van der Waals surface area contributed by atoms with Crippen molar-refractivity contribution in [3.8, 4) is 5.69 Å². The Bertz CT molecular complexity index is 874. The van der Waals surface area contributed by atoms with E-state index >= 15 is 0 Å². The van der Waals surface area contributed by atoms with Crippen LogP contribution in [0.2, 0.25) is 0 Å². The highest BCUT2D eigenvalue weighted by atomic mass is 16.5. The van der Waals surface area contributed by atoms with Crippen LogP contribution >= 0.6 is 0 Å². The van der Waals surface area contributed by atoms with E-state index in [1.54, 1.807) is 6.20 Å². The summed E-state index contributed by atoms with van der Waals surface area (Å²) >= 11 is 0. The Morgan fingerprint density at radius 2 is 1.93 bits per heavy atom. The van der Waals surface area contributed by atoms with Crippen molar-refractivity contribution < 1.29 is 14.3 Å². The lowest BCUT2D eigenvalue weighted by molar-refractivity contribution is 0.0492. The highest BCUT2D eigenvalue weighted by molar-refractivity contribution is 5.96. The van der Waals surface area contributed by atoms with E-state index in [1.807, 2.05) is 42.8 Å². The maximum atomic E-state index is 12.5. The molecule has 4 amide bonds. The normalized spacial score (nSPS) is 19.7. The number of hydrogen-bond acceptors (Lipinski definition) is 5. The number of aryl methyl sites for hydroxylation is 1. The molecule has 4 rings (SSSR count). The van der Waals surface area contributed by atoms with Crippen molar-refractivity contribution in [2.24, 2.45) is 0 Å². The summed E-state index contributed by atoms with van der Waals surface area (Å²) in [4.78, 5) is 30.6. The van der Waals surface area contributed by atoms with Gasteiger partial charge in [-0.2, -0.15) is 0 Å². The van der Waals surface area contributed by atoms with Crippen LogP contribution in [-0.4, -0.2) is 52.1 Å². The maximum Gasteiger partial charge on any atom is 0.328 e. The molecule has 2 aliphatic rings. The summed E-state index contributed by atoms with van der Waals surface area (Å²) in [5, 5.41) is 8.93. The minimum atomic E-state index is -0.639. The summed E-state index contributed by atoms with van der Waals surface area (Å²) in [6, 6.07) is 7.08. The molecule has 3 heterocycles. The standard InChI is InChI=1S/C20H26N6O3/c1-13(15-4-3-5-17(12-15)25-9-8-21-14(25)2)22-18-23-19(27)26(20(28)24-18)16-6-10-29-11-7-16/h3-5,8-9,12-13,16,18,22H,6-7,10-11H2,1-2H3,(H,23,27)(H,24,28). The topological polar surface area (TPSA) is 101 Å². The number of amides is 4. The number of hydrogen-bond donors (Lipinski definition) is 3. The summed E-state index contributed by atoms with van der Waals surface area (Å²) in [6.45, 7) is 5.06. The molecule has 0 bridgehead atoms. The van der Waals surface area contributed by atoms with E-state index in [0.717, 1.165) is 17.1 Å². The van der Waals surface area contributed by atoms with Crippen molar-refractivity contribution in [1.29, 1.82) is 0 Å². The van der Waals surface area contributed by atoms with Crippen molar-refractivity contribution >= 4 is 12.1 Å². The second kappa shape index (κ2) is 8.22. The molecule has 3 N–H and O–H groups in total. The van der Waals surface area contributed by atoms with Crippen molar-refractivity contribution in [1.82, 2.24) is 30.4 Å². The SMILES string of the molecule is Cc1nccn1-c1cccc(C(C)NC2NC(=O)N(C3CCOCC3)C(=O)N2)c1. The fraction of sp³-hybridized carbons (Fsp3) is 0.450. The molecule has 1 aromatic heterocycles. The predicted octanol–water partition coefficient (Wildman–Crippen LogP) is 2.03. The Morgan fingerprint density at radius 3 is 2.59 bits per heavy atom. The van der Waals surface area contributed by atoms with Gasteiger partial charge in [0.05, 0.1) is 0 Å². The van der Waals surface area contributed by atoms with Crippen LogP contribution in [0.25, 0.3) is 5.69 Å². The molecule has 2 fully saturated rings. The minimum Gasteiger partial charge on any atom is -0.381 e. The van der Waals surface area contributed by atoms with Crippen LogP contribution in [0.5, 0.6) is 0 Å². The molecule has 2 saturated heterocycles. The molecule has 1 atom stereocenters. The Balaban J connectivity index is 1.42. The molecular weight excluding hydrogens is 372 g/mol. The Kier molecular flexibility index (Phi) is 5.50. The lowest BCUT2D eigenvalue weighted by atomic mass is 10.1.